The molecule has 0 spiro atoms. The second-order valence-electron chi connectivity index (χ2n) is 6.25. The molecule has 1 aromatic rings. The number of rotatable bonds is 6. The third kappa shape index (κ3) is 3.22. The molecule has 2 rings (SSSR count). The van der Waals surface area contributed by atoms with E-state index in [1.807, 2.05) is 12.4 Å². The summed E-state index contributed by atoms with van der Waals surface area (Å²) in [4.78, 5) is 7.05. The van der Waals surface area contributed by atoms with Crippen LogP contribution < -0.4 is 11.3 Å². The minimum atomic E-state index is 0.0414. The van der Waals surface area contributed by atoms with Crippen LogP contribution in [0.1, 0.15) is 45.9 Å². The Bertz CT molecular complexity index is 406. The van der Waals surface area contributed by atoms with Gasteiger partial charge in [0.15, 0.2) is 0 Å². The molecule has 2 heterocycles. The minimum Gasteiger partial charge on any atom is -0.335 e. The molecular weight excluding hydrogens is 250 g/mol. The van der Waals surface area contributed by atoms with Crippen molar-refractivity contribution in [3.05, 3.63) is 18.2 Å². The minimum absolute atomic E-state index is 0.0414. The van der Waals surface area contributed by atoms with Crippen LogP contribution >= 0.6 is 0 Å². The van der Waals surface area contributed by atoms with Crippen molar-refractivity contribution in [2.45, 2.75) is 64.6 Å². The van der Waals surface area contributed by atoms with E-state index in [0.29, 0.717) is 0 Å². The average Bonchev–Trinajstić information content (AvgIpc) is 2.92. The highest BCUT2D eigenvalue weighted by Gasteiger charge is 2.36. The molecule has 0 amide bonds. The number of imidazole rings is 1. The van der Waals surface area contributed by atoms with Gasteiger partial charge < -0.3 is 4.57 Å². The van der Waals surface area contributed by atoms with E-state index in [1.165, 1.54) is 32.4 Å². The van der Waals surface area contributed by atoms with Crippen LogP contribution in [-0.4, -0.2) is 39.1 Å². The SMILES string of the molecule is CCn1ccnc1CC(NN)C(C)(C)N1CCCCC1. The highest BCUT2D eigenvalue weighted by Crippen LogP contribution is 2.25. The van der Waals surface area contributed by atoms with Crippen molar-refractivity contribution in [3.8, 4) is 0 Å². The molecule has 0 radical (unpaired) electrons. The maximum Gasteiger partial charge on any atom is 0.110 e. The molecule has 5 nitrogen and oxygen atoms in total. The Labute approximate surface area is 122 Å². The predicted molar refractivity (Wildman–Crippen MR) is 82.2 cm³/mol. The lowest BCUT2D eigenvalue weighted by atomic mass is 9.88. The number of aromatic nitrogens is 2. The maximum absolute atomic E-state index is 5.86. The fourth-order valence-electron chi connectivity index (χ4n) is 3.20. The lowest BCUT2D eigenvalue weighted by molar-refractivity contribution is 0.0602. The molecule has 0 saturated carbocycles. The first-order valence-corrected chi connectivity index (χ1v) is 7.80. The van der Waals surface area contributed by atoms with Gasteiger partial charge in [0, 0.05) is 36.9 Å². The van der Waals surface area contributed by atoms with Crippen LogP contribution in [0.3, 0.4) is 0 Å². The van der Waals surface area contributed by atoms with Crippen molar-refractivity contribution < 1.29 is 0 Å². The summed E-state index contributed by atoms with van der Waals surface area (Å²) in [6.07, 6.45) is 8.72. The Morgan fingerprint density at radius 2 is 2.05 bits per heavy atom. The molecule has 0 bridgehead atoms. The van der Waals surface area contributed by atoms with Crippen LogP contribution in [0.2, 0.25) is 0 Å². The topological polar surface area (TPSA) is 59.1 Å². The summed E-state index contributed by atoms with van der Waals surface area (Å²) < 4.78 is 2.19. The zero-order chi connectivity index (χ0) is 14.6. The molecule has 1 atom stereocenters. The molecule has 1 fully saturated rings. The van der Waals surface area contributed by atoms with Crippen molar-refractivity contribution in [2.75, 3.05) is 13.1 Å². The van der Waals surface area contributed by atoms with E-state index in [0.717, 1.165) is 18.8 Å². The lowest BCUT2D eigenvalue weighted by Gasteiger charge is -2.45. The van der Waals surface area contributed by atoms with Crippen molar-refractivity contribution in [1.82, 2.24) is 19.9 Å². The molecule has 3 N–H and O–H groups in total. The largest absolute Gasteiger partial charge is 0.335 e. The van der Waals surface area contributed by atoms with Gasteiger partial charge in [-0.15, -0.1) is 0 Å². The van der Waals surface area contributed by atoms with Gasteiger partial charge >= 0.3 is 0 Å². The fourth-order valence-corrected chi connectivity index (χ4v) is 3.20. The van der Waals surface area contributed by atoms with Gasteiger partial charge in [-0.3, -0.25) is 16.2 Å². The molecule has 1 aromatic heterocycles. The Morgan fingerprint density at radius 1 is 1.35 bits per heavy atom. The first-order valence-electron chi connectivity index (χ1n) is 7.80. The van der Waals surface area contributed by atoms with Crippen molar-refractivity contribution in [1.29, 1.82) is 0 Å². The monoisotopic (exact) mass is 279 g/mol. The van der Waals surface area contributed by atoms with Crippen LogP contribution in [-0.2, 0) is 13.0 Å². The average molecular weight is 279 g/mol. The molecule has 114 valence electrons. The van der Waals surface area contributed by atoms with Gasteiger partial charge in [-0.05, 0) is 46.7 Å². The normalized spacial score (nSPS) is 19.2. The summed E-state index contributed by atoms with van der Waals surface area (Å²) >= 11 is 0. The van der Waals surface area contributed by atoms with Crippen LogP contribution in [0, 0.1) is 0 Å². The van der Waals surface area contributed by atoms with Crippen LogP contribution in [0.15, 0.2) is 12.4 Å². The number of aryl methyl sites for hydroxylation is 1. The molecule has 20 heavy (non-hydrogen) atoms. The molecule has 1 saturated heterocycles. The molecule has 1 aliphatic rings. The number of hydrogen-bond acceptors (Lipinski definition) is 4. The zero-order valence-electron chi connectivity index (χ0n) is 13.1. The Kier molecular flexibility index (Phi) is 5.18. The standard InChI is InChI=1S/C15H29N5/c1-4-19-11-8-17-14(19)12-13(18-16)15(2,3)20-9-6-5-7-10-20/h8,11,13,18H,4-7,9-10,12,16H2,1-3H3. The van der Waals surface area contributed by atoms with Gasteiger partial charge in [-0.25, -0.2) is 4.98 Å². The summed E-state index contributed by atoms with van der Waals surface area (Å²) in [6, 6.07) is 0.202. The van der Waals surface area contributed by atoms with Gasteiger partial charge in [0.05, 0.1) is 0 Å². The molecule has 1 aliphatic heterocycles. The summed E-state index contributed by atoms with van der Waals surface area (Å²) in [5.41, 5.74) is 3.08. The van der Waals surface area contributed by atoms with Gasteiger partial charge in [-0.2, -0.15) is 0 Å². The Morgan fingerprint density at radius 3 is 2.65 bits per heavy atom. The van der Waals surface area contributed by atoms with Gasteiger partial charge in [0.25, 0.3) is 0 Å². The van der Waals surface area contributed by atoms with E-state index >= 15 is 0 Å². The third-order valence-electron chi connectivity index (χ3n) is 4.75. The Balaban J connectivity index is 2.09. The number of nitrogens with zero attached hydrogens (tertiary/aromatic N) is 3. The number of likely N-dealkylation sites (tertiary alicyclic amines) is 1. The van der Waals surface area contributed by atoms with Gasteiger partial charge in [0.1, 0.15) is 5.82 Å². The summed E-state index contributed by atoms with van der Waals surface area (Å²) in [6.45, 7) is 10.0. The fraction of sp³-hybridized carbons (Fsp3) is 0.800. The van der Waals surface area contributed by atoms with Crippen molar-refractivity contribution in [2.24, 2.45) is 5.84 Å². The number of nitrogens with two attached hydrogens (primary N) is 1. The van der Waals surface area contributed by atoms with Gasteiger partial charge in [0.2, 0.25) is 0 Å². The van der Waals surface area contributed by atoms with E-state index in [-0.39, 0.29) is 11.6 Å². The molecule has 5 heteroatoms. The second kappa shape index (κ2) is 6.70. The Hall–Kier alpha value is -0.910. The summed E-state index contributed by atoms with van der Waals surface area (Å²) in [5, 5.41) is 0. The molecular formula is C15H29N5. The lowest BCUT2D eigenvalue weighted by Crippen LogP contribution is -2.61. The maximum atomic E-state index is 5.86. The van der Waals surface area contributed by atoms with E-state index in [4.69, 9.17) is 5.84 Å². The molecule has 0 aliphatic carbocycles. The van der Waals surface area contributed by atoms with Crippen molar-refractivity contribution in [3.63, 3.8) is 0 Å². The van der Waals surface area contributed by atoms with Crippen LogP contribution in [0.4, 0.5) is 0 Å². The van der Waals surface area contributed by atoms with Crippen molar-refractivity contribution >= 4 is 0 Å². The third-order valence-corrected chi connectivity index (χ3v) is 4.75. The number of hydrazine groups is 1. The summed E-state index contributed by atoms with van der Waals surface area (Å²) in [7, 11) is 0. The molecule has 0 aromatic carbocycles. The number of piperidine rings is 1. The van der Waals surface area contributed by atoms with Crippen LogP contribution in [0.5, 0.6) is 0 Å². The van der Waals surface area contributed by atoms with E-state index in [1.54, 1.807) is 0 Å². The predicted octanol–water partition coefficient (Wildman–Crippen LogP) is 1.54. The number of nitrogens with one attached hydrogen (secondary N) is 1. The smallest absolute Gasteiger partial charge is 0.110 e. The number of hydrogen-bond donors (Lipinski definition) is 2. The van der Waals surface area contributed by atoms with Crippen LogP contribution in [0.25, 0.3) is 0 Å². The zero-order valence-corrected chi connectivity index (χ0v) is 13.1. The molecule has 1 unspecified atom stereocenters. The quantitative estimate of drug-likeness (QED) is 0.612. The first-order chi connectivity index (χ1) is 9.59. The van der Waals surface area contributed by atoms with Gasteiger partial charge in [-0.1, -0.05) is 6.42 Å². The highest BCUT2D eigenvalue weighted by molar-refractivity contribution is 5.02. The first kappa shape index (κ1) is 15.5. The van der Waals surface area contributed by atoms with E-state index < -0.39 is 0 Å². The second-order valence-corrected chi connectivity index (χ2v) is 6.25. The summed E-state index contributed by atoms with van der Waals surface area (Å²) in [5.74, 6) is 6.97. The highest BCUT2D eigenvalue weighted by atomic mass is 15.3. The van der Waals surface area contributed by atoms with E-state index in [9.17, 15) is 0 Å². The van der Waals surface area contributed by atoms with E-state index in [2.05, 4.69) is 40.6 Å².